The van der Waals surface area contributed by atoms with Gasteiger partial charge in [0.1, 0.15) is 0 Å². The van der Waals surface area contributed by atoms with Crippen LogP contribution in [0.4, 0.5) is 0 Å². The monoisotopic (exact) mass is 260 g/mol. The van der Waals surface area contributed by atoms with Gasteiger partial charge in [0.2, 0.25) is 11.8 Å². The Morgan fingerprint density at radius 1 is 1.05 bits per heavy atom. The van der Waals surface area contributed by atoms with Crippen molar-refractivity contribution in [1.82, 2.24) is 9.97 Å². The minimum atomic E-state index is -0.614. The van der Waals surface area contributed by atoms with Gasteiger partial charge in [-0.15, -0.1) is 0 Å². The molecule has 1 atom stereocenters. The maximum atomic E-state index is 9.57. The van der Waals surface area contributed by atoms with Crippen LogP contribution >= 0.6 is 0 Å². The Bertz CT molecular complexity index is 570. The molecule has 0 bridgehead atoms. The van der Waals surface area contributed by atoms with Gasteiger partial charge in [0.15, 0.2) is 0 Å². The molecule has 0 spiro atoms. The zero-order chi connectivity index (χ0) is 13.8. The van der Waals surface area contributed by atoms with Crippen LogP contribution in [0.1, 0.15) is 18.7 Å². The van der Waals surface area contributed by atoms with Gasteiger partial charge in [0.25, 0.3) is 0 Å². The first-order chi connectivity index (χ1) is 9.15. The summed E-state index contributed by atoms with van der Waals surface area (Å²) in [4.78, 5) is 8.61. The molecule has 0 fully saturated rings. The van der Waals surface area contributed by atoms with Crippen molar-refractivity contribution in [3.63, 3.8) is 0 Å². The molecule has 0 aromatic carbocycles. The van der Waals surface area contributed by atoms with Crippen LogP contribution in [0.15, 0.2) is 30.3 Å². The molecule has 2 aromatic rings. The van der Waals surface area contributed by atoms with Gasteiger partial charge >= 0.3 is 0 Å². The standard InChI is InChI=1S/C14H16N2O3/c1-9(17)11-5-4-6-12(15-11)10-7-8-13(18-2)16-14(10)19-3/h4-9,17H,1-3H3. The number of methoxy groups -OCH3 is 2. The van der Waals surface area contributed by atoms with Crippen LogP contribution in [0, 0.1) is 0 Å². The topological polar surface area (TPSA) is 64.5 Å². The first-order valence-corrected chi connectivity index (χ1v) is 5.90. The van der Waals surface area contributed by atoms with Gasteiger partial charge in [-0.1, -0.05) is 6.07 Å². The third-order valence-corrected chi connectivity index (χ3v) is 2.71. The van der Waals surface area contributed by atoms with Gasteiger partial charge < -0.3 is 14.6 Å². The molecule has 2 rings (SSSR count). The molecule has 0 aliphatic carbocycles. The number of hydrogen-bond acceptors (Lipinski definition) is 5. The van der Waals surface area contributed by atoms with E-state index < -0.39 is 6.10 Å². The highest BCUT2D eigenvalue weighted by molar-refractivity contribution is 5.65. The maximum Gasteiger partial charge on any atom is 0.225 e. The van der Waals surface area contributed by atoms with Crippen LogP contribution < -0.4 is 9.47 Å². The van der Waals surface area contributed by atoms with Crippen LogP contribution in [-0.4, -0.2) is 29.3 Å². The second-order valence-electron chi connectivity index (χ2n) is 4.03. The summed E-state index contributed by atoms with van der Waals surface area (Å²) < 4.78 is 10.3. The van der Waals surface area contributed by atoms with Crippen LogP contribution in [0.3, 0.4) is 0 Å². The van der Waals surface area contributed by atoms with Gasteiger partial charge in [-0.2, -0.15) is 4.98 Å². The molecule has 2 aromatic heterocycles. The van der Waals surface area contributed by atoms with Crippen molar-refractivity contribution < 1.29 is 14.6 Å². The molecule has 100 valence electrons. The van der Waals surface area contributed by atoms with E-state index in [-0.39, 0.29) is 0 Å². The highest BCUT2D eigenvalue weighted by atomic mass is 16.5. The lowest BCUT2D eigenvalue weighted by Gasteiger charge is -2.10. The smallest absolute Gasteiger partial charge is 0.225 e. The molecule has 1 N–H and O–H groups in total. The minimum Gasteiger partial charge on any atom is -0.481 e. The van der Waals surface area contributed by atoms with Crippen molar-refractivity contribution in [2.75, 3.05) is 14.2 Å². The third kappa shape index (κ3) is 2.82. The Balaban J connectivity index is 2.49. The predicted octanol–water partition coefficient (Wildman–Crippen LogP) is 2.21. The van der Waals surface area contributed by atoms with Crippen LogP contribution in [0.25, 0.3) is 11.3 Å². The normalized spacial score (nSPS) is 12.0. The number of pyridine rings is 2. The van der Waals surface area contributed by atoms with E-state index in [4.69, 9.17) is 9.47 Å². The van der Waals surface area contributed by atoms with Crippen molar-refractivity contribution in [1.29, 1.82) is 0 Å². The number of ether oxygens (including phenoxy) is 2. The van der Waals surface area contributed by atoms with Crippen molar-refractivity contribution in [2.45, 2.75) is 13.0 Å². The van der Waals surface area contributed by atoms with Gasteiger partial charge in [-0.25, -0.2) is 4.98 Å². The van der Waals surface area contributed by atoms with E-state index in [1.54, 1.807) is 33.3 Å². The first kappa shape index (κ1) is 13.3. The van der Waals surface area contributed by atoms with Crippen LogP contribution in [-0.2, 0) is 0 Å². The summed E-state index contributed by atoms with van der Waals surface area (Å²) in [6.45, 7) is 1.68. The molecule has 0 radical (unpaired) electrons. The lowest BCUT2D eigenvalue weighted by molar-refractivity contribution is 0.194. The number of aromatic nitrogens is 2. The number of aliphatic hydroxyl groups is 1. The molecule has 0 aliphatic heterocycles. The fourth-order valence-corrected chi connectivity index (χ4v) is 1.72. The summed E-state index contributed by atoms with van der Waals surface area (Å²) in [5.74, 6) is 0.918. The maximum absolute atomic E-state index is 9.57. The highest BCUT2D eigenvalue weighted by Gasteiger charge is 2.12. The van der Waals surface area contributed by atoms with E-state index in [0.717, 1.165) is 5.56 Å². The molecule has 0 saturated carbocycles. The first-order valence-electron chi connectivity index (χ1n) is 5.90. The van der Waals surface area contributed by atoms with Crippen LogP contribution in [0.2, 0.25) is 0 Å². The van der Waals surface area contributed by atoms with E-state index >= 15 is 0 Å². The molecule has 5 nitrogen and oxygen atoms in total. The molecular formula is C14H16N2O3. The molecule has 5 heteroatoms. The second kappa shape index (κ2) is 5.67. The number of aliphatic hydroxyl groups excluding tert-OH is 1. The minimum absolute atomic E-state index is 0.439. The van der Waals surface area contributed by atoms with Crippen molar-refractivity contribution in [2.24, 2.45) is 0 Å². The van der Waals surface area contributed by atoms with E-state index in [1.165, 1.54) is 0 Å². The molecule has 2 heterocycles. The number of nitrogens with zero attached hydrogens (tertiary/aromatic N) is 2. The third-order valence-electron chi connectivity index (χ3n) is 2.71. The van der Waals surface area contributed by atoms with Crippen molar-refractivity contribution >= 4 is 0 Å². The average Bonchev–Trinajstić information content (AvgIpc) is 2.46. The predicted molar refractivity (Wildman–Crippen MR) is 71.2 cm³/mol. The highest BCUT2D eigenvalue weighted by Crippen LogP contribution is 2.29. The van der Waals surface area contributed by atoms with E-state index in [0.29, 0.717) is 23.1 Å². The summed E-state index contributed by atoms with van der Waals surface area (Å²) in [5, 5.41) is 9.57. The molecule has 1 unspecified atom stereocenters. The zero-order valence-corrected chi connectivity index (χ0v) is 11.1. The second-order valence-corrected chi connectivity index (χ2v) is 4.03. The average molecular weight is 260 g/mol. The molecule has 0 saturated heterocycles. The van der Waals surface area contributed by atoms with Gasteiger partial charge in [0, 0.05) is 6.07 Å². The largest absolute Gasteiger partial charge is 0.481 e. The van der Waals surface area contributed by atoms with Gasteiger partial charge in [-0.05, 0) is 25.1 Å². The Kier molecular flexibility index (Phi) is 3.97. The quantitative estimate of drug-likeness (QED) is 0.913. The number of hydrogen-bond donors (Lipinski definition) is 1. The molecule has 19 heavy (non-hydrogen) atoms. The van der Waals surface area contributed by atoms with Crippen molar-refractivity contribution in [3.8, 4) is 23.0 Å². The summed E-state index contributed by atoms with van der Waals surface area (Å²) in [6.07, 6.45) is -0.614. The summed E-state index contributed by atoms with van der Waals surface area (Å²) in [7, 11) is 3.09. The Labute approximate surface area is 111 Å². The Morgan fingerprint density at radius 3 is 2.47 bits per heavy atom. The summed E-state index contributed by atoms with van der Waals surface area (Å²) in [5.41, 5.74) is 2.06. The zero-order valence-electron chi connectivity index (χ0n) is 11.1. The van der Waals surface area contributed by atoms with Gasteiger partial charge in [-0.3, -0.25) is 0 Å². The molecule has 0 aliphatic rings. The van der Waals surface area contributed by atoms with E-state index in [1.807, 2.05) is 18.2 Å². The number of rotatable bonds is 4. The van der Waals surface area contributed by atoms with E-state index in [9.17, 15) is 5.11 Å². The fourth-order valence-electron chi connectivity index (χ4n) is 1.72. The Morgan fingerprint density at radius 2 is 1.84 bits per heavy atom. The Hall–Kier alpha value is -2.14. The van der Waals surface area contributed by atoms with Gasteiger partial charge in [0.05, 0.1) is 37.3 Å². The van der Waals surface area contributed by atoms with Crippen molar-refractivity contribution in [3.05, 3.63) is 36.0 Å². The molecular weight excluding hydrogens is 244 g/mol. The summed E-state index contributed by atoms with van der Waals surface area (Å²) >= 11 is 0. The fraction of sp³-hybridized carbons (Fsp3) is 0.286. The summed E-state index contributed by atoms with van der Waals surface area (Å²) in [6, 6.07) is 9.04. The lowest BCUT2D eigenvalue weighted by atomic mass is 10.1. The molecule has 0 amide bonds. The van der Waals surface area contributed by atoms with E-state index in [2.05, 4.69) is 9.97 Å². The van der Waals surface area contributed by atoms with Crippen LogP contribution in [0.5, 0.6) is 11.8 Å². The SMILES string of the molecule is COc1ccc(-c2cccc(C(C)O)n2)c(OC)n1. The lowest BCUT2D eigenvalue weighted by Crippen LogP contribution is -1.99.